The Morgan fingerprint density at radius 3 is 2.47 bits per heavy atom. The smallest absolute Gasteiger partial charge is 0.255 e. The second-order valence-corrected chi connectivity index (χ2v) is 10.8. The van der Waals surface area contributed by atoms with Crippen molar-refractivity contribution >= 4 is 11.9 Å². The van der Waals surface area contributed by atoms with E-state index in [1.54, 1.807) is 6.92 Å². The van der Waals surface area contributed by atoms with Gasteiger partial charge < -0.3 is 14.5 Å². The Kier molecular flexibility index (Phi) is 7.99. The summed E-state index contributed by atoms with van der Waals surface area (Å²) in [7, 11) is 3.31. The van der Waals surface area contributed by atoms with Crippen LogP contribution in [0.1, 0.15) is 77.8 Å². The number of amides is 1. The van der Waals surface area contributed by atoms with Crippen LogP contribution in [0.15, 0.2) is 0 Å². The number of carbonyl (C=O) groups excluding carboxylic acids is 1. The van der Waals surface area contributed by atoms with Gasteiger partial charge in [-0.15, -0.1) is 0 Å². The molecule has 1 aliphatic carbocycles. The zero-order valence-corrected chi connectivity index (χ0v) is 20.8. The zero-order chi connectivity index (χ0) is 23.5. The van der Waals surface area contributed by atoms with Crippen molar-refractivity contribution in [1.82, 2.24) is 14.9 Å². The van der Waals surface area contributed by atoms with Gasteiger partial charge in [0.15, 0.2) is 0 Å². The summed E-state index contributed by atoms with van der Waals surface area (Å²) < 4.78 is 19.1. The monoisotopic (exact) mass is 448 g/mol. The number of aromatic nitrogens is 2. The number of anilines is 1. The molecular weight excluding hydrogens is 407 g/mol. The first kappa shape index (κ1) is 24.7. The largest absolute Gasteiger partial charge is 0.479 e. The fourth-order valence-electron chi connectivity index (χ4n) is 5.34. The van der Waals surface area contributed by atoms with Gasteiger partial charge in [-0.3, -0.25) is 4.79 Å². The Labute approximate surface area is 192 Å². The number of rotatable bonds is 6. The van der Waals surface area contributed by atoms with Gasteiger partial charge in [0.05, 0.1) is 12.8 Å². The number of piperidine rings is 1. The third kappa shape index (κ3) is 5.90. The molecule has 1 aromatic heterocycles. The van der Waals surface area contributed by atoms with Crippen LogP contribution in [0.2, 0.25) is 0 Å². The predicted octanol–water partition coefficient (Wildman–Crippen LogP) is 4.99. The maximum atomic E-state index is 14.1. The minimum atomic E-state index is -0.527. The van der Waals surface area contributed by atoms with Crippen LogP contribution in [0.3, 0.4) is 0 Å². The normalized spacial score (nSPS) is 24.3. The molecule has 0 N–H and O–H groups in total. The van der Waals surface area contributed by atoms with Gasteiger partial charge in [0, 0.05) is 32.6 Å². The Balaban J connectivity index is 1.61. The van der Waals surface area contributed by atoms with Gasteiger partial charge in [0.1, 0.15) is 0 Å². The molecule has 0 spiro atoms. The first-order valence-electron chi connectivity index (χ1n) is 12.2. The van der Waals surface area contributed by atoms with Gasteiger partial charge in [-0.2, -0.15) is 9.37 Å². The van der Waals surface area contributed by atoms with E-state index in [9.17, 15) is 9.18 Å². The molecule has 1 aliphatic heterocycles. The minimum absolute atomic E-state index is 0.0400. The molecule has 0 bridgehead atoms. The van der Waals surface area contributed by atoms with Crippen molar-refractivity contribution in [3.05, 3.63) is 11.5 Å². The van der Waals surface area contributed by atoms with Crippen molar-refractivity contribution in [2.75, 3.05) is 32.1 Å². The summed E-state index contributed by atoms with van der Waals surface area (Å²) in [6.07, 6.45) is 8.60. The molecule has 1 saturated carbocycles. The van der Waals surface area contributed by atoms with E-state index in [1.807, 2.05) is 11.9 Å². The van der Waals surface area contributed by atoms with Gasteiger partial charge in [-0.05, 0) is 69.1 Å². The Hall–Kier alpha value is -1.92. The fourth-order valence-corrected chi connectivity index (χ4v) is 5.34. The molecule has 1 amide bonds. The summed E-state index contributed by atoms with van der Waals surface area (Å²) in [4.78, 5) is 25.8. The molecule has 7 heteroatoms. The molecule has 1 saturated heterocycles. The molecule has 0 unspecified atom stereocenters. The maximum Gasteiger partial charge on any atom is 0.255 e. The Morgan fingerprint density at radius 2 is 1.84 bits per heavy atom. The van der Waals surface area contributed by atoms with Gasteiger partial charge >= 0.3 is 0 Å². The second-order valence-electron chi connectivity index (χ2n) is 10.8. The molecule has 2 aliphatic rings. The van der Waals surface area contributed by atoms with Crippen molar-refractivity contribution in [1.29, 1.82) is 0 Å². The van der Waals surface area contributed by atoms with Crippen LogP contribution in [0.5, 0.6) is 5.88 Å². The second kappa shape index (κ2) is 10.3. The SMILES string of the molecule is COc1nc(N(C)C[C@@H]2CCCCN2C(=O)CC2CCC(C(C)(C)C)CC2)nc(C)c1F. The van der Waals surface area contributed by atoms with Crippen LogP contribution >= 0.6 is 0 Å². The van der Waals surface area contributed by atoms with Crippen LogP contribution < -0.4 is 9.64 Å². The highest BCUT2D eigenvalue weighted by Gasteiger charge is 2.33. The number of hydrogen-bond donors (Lipinski definition) is 0. The van der Waals surface area contributed by atoms with Crippen LogP contribution in [0.4, 0.5) is 10.3 Å². The van der Waals surface area contributed by atoms with Crippen LogP contribution in [-0.2, 0) is 4.79 Å². The average molecular weight is 449 g/mol. The zero-order valence-electron chi connectivity index (χ0n) is 20.8. The van der Waals surface area contributed by atoms with Crippen molar-refractivity contribution in [2.45, 2.75) is 85.1 Å². The summed E-state index contributed by atoms with van der Waals surface area (Å²) in [5.41, 5.74) is 0.627. The number of likely N-dealkylation sites (N-methyl/N-ethyl adjacent to an activating group) is 1. The first-order chi connectivity index (χ1) is 15.1. The number of nitrogens with zero attached hydrogens (tertiary/aromatic N) is 4. The number of ether oxygens (including phenoxy) is 1. The molecule has 32 heavy (non-hydrogen) atoms. The number of carbonyl (C=O) groups is 1. The van der Waals surface area contributed by atoms with E-state index in [1.165, 1.54) is 20.0 Å². The molecule has 1 aromatic rings. The highest BCUT2D eigenvalue weighted by atomic mass is 19.1. The summed E-state index contributed by atoms with van der Waals surface area (Å²) >= 11 is 0. The summed E-state index contributed by atoms with van der Waals surface area (Å²) in [6.45, 7) is 10.1. The van der Waals surface area contributed by atoms with E-state index in [-0.39, 0.29) is 23.5 Å². The molecule has 2 heterocycles. The summed E-state index contributed by atoms with van der Waals surface area (Å²) in [6, 6.07) is 0.132. The van der Waals surface area contributed by atoms with E-state index in [0.29, 0.717) is 30.2 Å². The number of likely N-dealkylation sites (tertiary alicyclic amines) is 1. The lowest BCUT2D eigenvalue weighted by Crippen LogP contribution is -2.49. The highest BCUT2D eigenvalue weighted by Crippen LogP contribution is 2.41. The minimum Gasteiger partial charge on any atom is -0.479 e. The highest BCUT2D eigenvalue weighted by molar-refractivity contribution is 5.77. The van der Waals surface area contributed by atoms with Crippen molar-refractivity contribution in [3.63, 3.8) is 0 Å². The number of methoxy groups -OCH3 is 1. The number of aryl methyl sites for hydroxylation is 1. The lowest BCUT2D eigenvalue weighted by Gasteiger charge is -2.40. The lowest BCUT2D eigenvalue weighted by molar-refractivity contribution is -0.136. The predicted molar refractivity (Wildman–Crippen MR) is 125 cm³/mol. The lowest BCUT2D eigenvalue weighted by atomic mass is 9.69. The Morgan fingerprint density at radius 1 is 1.16 bits per heavy atom. The molecule has 180 valence electrons. The third-order valence-corrected chi connectivity index (χ3v) is 7.48. The van der Waals surface area contributed by atoms with E-state index in [0.717, 1.165) is 44.6 Å². The van der Waals surface area contributed by atoms with Crippen molar-refractivity contribution < 1.29 is 13.9 Å². The standard InChI is InChI=1S/C25H41FN4O2/c1-17-22(26)23(32-6)28-24(27-17)29(5)16-20-9-7-8-14-30(20)21(31)15-18-10-12-19(13-11-18)25(2,3)4/h18-20H,7-16H2,1-6H3/t18?,19?,20-/m0/s1. The van der Waals surface area contributed by atoms with Gasteiger partial charge in [0.2, 0.25) is 17.7 Å². The van der Waals surface area contributed by atoms with Gasteiger partial charge in [-0.1, -0.05) is 20.8 Å². The molecule has 1 atom stereocenters. The number of hydrogen-bond acceptors (Lipinski definition) is 5. The molecule has 3 rings (SSSR count). The maximum absolute atomic E-state index is 14.1. The molecule has 0 aromatic carbocycles. The van der Waals surface area contributed by atoms with E-state index < -0.39 is 5.82 Å². The molecule has 0 radical (unpaired) electrons. The topological polar surface area (TPSA) is 58.6 Å². The van der Waals surface area contributed by atoms with Gasteiger partial charge in [0.25, 0.3) is 5.88 Å². The third-order valence-electron chi connectivity index (χ3n) is 7.48. The quantitative estimate of drug-likeness (QED) is 0.613. The van der Waals surface area contributed by atoms with Crippen molar-refractivity contribution in [2.24, 2.45) is 17.3 Å². The molecular formula is C25H41FN4O2. The molecule has 6 nitrogen and oxygen atoms in total. The van der Waals surface area contributed by atoms with E-state index >= 15 is 0 Å². The van der Waals surface area contributed by atoms with E-state index in [2.05, 4.69) is 35.6 Å². The van der Waals surface area contributed by atoms with Crippen molar-refractivity contribution in [3.8, 4) is 5.88 Å². The first-order valence-corrected chi connectivity index (χ1v) is 12.2. The number of halogens is 1. The fraction of sp³-hybridized carbons (Fsp3) is 0.800. The molecule has 2 fully saturated rings. The van der Waals surface area contributed by atoms with Crippen LogP contribution in [0.25, 0.3) is 0 Å². The van der Waals surface area contributed by atoms with E-state index in [4.69, 9.17) is 4.74 Å². The Bertz CT molecular complexity index is 787. The average Bonchev–Trinajstić information content (AvgIpc) is 2.75. The van der Waals surface area contributed by atoms with Gasteiger partial charge in [-0.25, -0.2) is 4.98 Å². The summed E-state index contributed by atoms with van der Waals surface area (Å²) in [5.74, 6) is 1.42. The van der Waals surface area contributed by atoms with Crippen LogP contribution in [-0.4, -0.2) is 54.1 Å². The van der Waals surface area contributed by atoms with Crippen LogP contribution in [0, 0.1) is 30.0 Å². The summed E-state index contributed by atoms with van der Waals surface area (Å²) in [5, 5.41) is 0.